The lowest BCUT2D eigenvalue weighted by atomic mass is 10.2. The van der Waals surface area contributed by atoms with E-state index in [0.717, 1.165) is 42.5 Å². The first kappa shape index (κ1) is 19.4. The fourth-order valence-electron chi connectivity index (χ4n) is 1.95. The molecular formula is C16H23IN4O2. The van der Waals surface area contributed by atoms with Gasteiger partial charge in [-0.2, -0.15) is 0 Å². The molecule has 0 amide bonds. The Morgan fingerprint density at radius 1 is 1.26 bits per heavy atom. The number of nitrogens with zero attached hydrogens (tertiary/aromatic N) is 2. The van der Waals surface area contributed by atoms with E-state index in [9.17, 15) is 0 Å². The summed E-state index contributed by atoms with van der Waals surface area (Å²) >= 11 is 0. The van der Waals surface area contributed by atoms with Crippen molar-refractivity contribution in [3.63, 3.8) is 0 Å². The van der Waals surface area contributed by atoms with Gasteiger partial charge in [0, 0.05) is 38.9 Å². The largest absolute Gasteiger partial charge is 0.385 e. The van der Waals surface area contributed by atoms with Gasteiger partial charge in [0.15, 0.2) is 11.7 Å². The number of halogens is 1. The number of nitrogens with one attached hydrogen (secondary N) is 2. The third-order valence-corrected chi connectivity index (χ3v) is 3.10. The van der Waals surface area contributed by atoms with Gasteiger partial charge in [0.1, 0.15) is 5.69 Å². The number of guanidine groups is 1. The maximum Gasteiger partial charge on any atom is 0.191 e. The summed E-state index contributed by atoms with van der Waals surface area (Å²) in [4.78, 5) is 4.16. The number of rotatable bonds is 7. The maximum absolute atomic E-state index is 5.36. The highest BCUT2D eigenvalue weighted by molar-refractivity contribution is 14.0. The van der Waals surface area contributed by atoms with Crippen molar-refractivity contribution in [2.75, 3.05) is 27.3 Å². The number of ether oxygens (including phenoxy) is 1. The number of hydrogen-bond acceptors (Lipinski definition) is 4. The molecule has 1 heterocycles. The topological polar surface area (TPSA) is 71.7 Å². The van der Waals surface area contributed by atoms with Crippen LogP contribution < -0.4 is 10.6 Å². The molecule has 1 aromatic heterocycles. The fourth-order valence-corrected chi connectivity index (χ4v) is 1.95. The van der Waals surface area contributed by atoms with Gasteiger partial charge in [-0.25, -0.2) is 0 Å². The van der Waals surface area contributed by atoms with Crippen molar-refractivity contribution < 1.29 is 9.26 Å². The van der Waals surface area contributed by atoms with Crippen molar-refractivity contribution in [1.82, 2.24) is 15.8 Å². The van der Waals surface area contributed by atoms with Gasteiger partial charge in [0.25, 0.3) is 0 Å². The van der Waals surface area contributed by atoms with E-state index in [2.05, 4.69) is 20.8 Å². The summed E-state index contributed by atoms with van der Waals surface area (Å²) in [6.45, 7) is 2.09. The van der Waals surface area contributed by atoms with Gasteiger partial charge in [0.2, 0.25) is 0 Å². The summed E-state index contributed by atoms with van der Waals surface area (Å²) in [5.41, 5.74) is 1.85. The van der Waals surface area contributed by atoms with E-state index in [-0.39, 0.29) is 24.0 Å². The maximum atomic E-state index is 5.36. The van der Waals surface area contributed by atoms with Crippen LogP contribution in [-0.2, 0) is 11.3 Å². The first-order valence-electron chi connectivity index (χ1n) is 7.28. The Balaban J connectivity index is 0.00000264. The molecule has 7 heteroatoms. The number of methoxy groups -OCH3 is 1. The zero-order valence-corrected chi connectivity index (χ0v) is 15.7. The minimum absolute atomic E-state index is 0. The van der Waals surface area contributed by atoms with E-state index in [1.807, 2.05) is 36.4 Å². The number of aliphatic imine (C=N–C) groups is 1. The molecule has 0 saturated carbocycles. The highest BCUT2D eigenvalue weighted by Gasteiger charge is 2.06. The molecule has 0 radical (unpaired) electrons. The van der Waals surface area contributed by atoms with Crippen LogP contribution in [0, 0.1) is 0 Å². The van der Waals surface area contributed by atoms with Crippen LogP contribution in [0.2, 0.25) is 0 Å². The molecule has 0 unspecified atom stereocenters. The third-order valence-electron chi connectivity index (χ3n) is 3.10. The van der Waals surface area contributed by atoms with Gasteiger partial charge in [-0.1, -0.05) is 35.5 Å². The Morgan fingerprint density at radius 3 is 2.74 bits per heavy atom. The highest BCUT2D eigenvalue weighted by Crippen LogP contribution is 2.19. The Bertz CT molecular complexity index is 587. The second-order valence-electron chi connectivity index (χ2n) is 4.75. The minimum atomic E-state index is 0. The predicted octanol–water partition coefficient (Wildman–Crippen LogP) is 2.66. The number of hydrogen-bond donors (Lipinski definition) is 2. The molecule has 0 spiro atoms. The molecule has 0 atom stereocenters. The summed E-state index contributed by atoms with van der Waals surface area (Å²) in [5.74, 6) is 1.50. The van der Waals surface area contributed by atoms with Gasteiger partial charge in [0.05, 0.1) is 6.54 Å². The molecule has 6 nitrogen and oxygen atoms in total. The van der Waals surface area contributed by atoms with E-state index in [1.165, 1.54) is 0 Å². The Morgan fingerprint density at radius 2 is 2.04 bits per heavy atom. The molecule has 0 aliphatic heterocycles. The quantitative estimate of drug-likeness (QED) is 0.306. The summed E-state index contributed by atoms with van der Waals surface area (Å²) < 4.78 is 10.4. The summed E-state index contributed by atoms with van der Waals surface area (Å²) in [7, 11) is 3.44. The zero-order chi connectivity index (χ0) is 15.6. The van der Waals surface area contributed by atoms with Crippen LogP contribution in [0.15, 0.2) is 45.9 Å². The Labute approximate surface area is 153 Å². The lowest BCUT2D eigenvalue weighted by Crippen LogP contribution is -2.37. The molecule has 126 valence electrons. The molecular weight excluding hydrogens is 407 g/mol. The average molecular weight is 430 g/mol. The van der Waals surface area contributed by atoms with Crippen LogP contribution in [0.5, 0.6) is 0 Å². The van der Waals surface area contributed by atoms with Crippen molar-refractivity contribution in [2.45, 2.75) is 13.0 Å². The first-order chi connectivity index (χ1) is 10.8. The second kappa shape index (κ2) is 11.0. The first-order valence-corrected chi connectivity index (χ1v) is 7.28. The van der Waals surface area contributed by atoms with Crippen LogP contribution in [0.4, 0.5) is 0 Å². The van der Waals surface area contributed by atoms with Gasteiger partial charge in [-0.05, 0) is 6.42 Å². The van der Waals surface area contributed by atoms with Gasteiger partial charge >= 0.3 is 0 Å². The Kier molecular flexibility index (Phi) is 9.30. The molecule has 2 N–H and O–H groups in total. The average Bonchev–Trinajstić information content (AvgIpc) is 3.04. The molecule has 1 aromatic carbocycles. The van der Waals surface area contributed by atoms with E-state index in [1.54, 1.807) is 14.2 Å². The standard InChI is InChI=1S/C16H22N4O2.HI/c1-17-16(18-9-6-10-21-2)19-12-14-11-15(22-20-14)13-7-4-3-5-8-13;/h3-5,7-8,11H,6,9-10,12H2,1-2H3,(H2,17,18,19);1H. The molecule has 0 bridgehead atoms. The molecule has 0 saturated heterocycles. The molecule has 0 fully saturated rings. The molecule has 2 aromatic rings. The number of aromatic nitrogens is 1. The molecule has 0 aliphatic rings. The normalized spacial score (nSPS) is 11.0. The van der Waals surface area contributed by atoms with Gasteiger partial charge in [-0.3, -0.25) is 4.99 Å². The van der Waals surface area contributed by atoms with Crippen molar-refractivity contribution >= 4 is 29.9 Å². The predicted molar refractivity (Wildman–Crippen MR) is 102 cm³/mol. The smallest absolute Gasteiger partial charge is 0.191 e. The van der Waals surface area contributed by atoms with Crippen LogP contribution in [-0.4, -0.2) is 38.4 Å². The fraction of sp³-hybridized carbons (Fsp3) is 0.375. The van der Waals surface area contributed by atoms with E-state index >= 15 is 0 Å². The van der Waals surface area contributed by atoms with Crippen LogP contribution in [0.1, 0.15) is 12.1 Å². The zero-order valence-electron chi connectivity index (χ0n) is 13.4. The molecule has 0 aliphatic carbocycles. The van der Waals surface area contributed by atoms with Crippen LogP contribution in [0.25, 0.3) is 11.3 Å². The lowest BCUT2D eigenvalue weighted by molar-refractivity contribution is 0.195. The van der Waals surface area contributed by atoms with Gasteiger partial charge < -0.3 is 19.9 Å². The van der Waals surface area contributed by atoms with Crippen molar-refractivity contribution in [2.24, 2.45) is 4.99 Å². The minimum Gasteiger partial charge on any atom is -0.385 e. The summed E-state index contributed by atoms with van der Waals surface area (Å²) in [6, 6.07) is 11.8. The van der Waals surface area contributed by atoms with Crippen molar-refractivity contribution in [1.29, 1.82) is 0 Å². The van der Waals surface area contributed by atoms with E-state index in [4.69, 9.17) is 9.26 Å². The molecule has 23 heavy (non-hydrogen) atoms. The summed E-state index contributed by atoms with van der Waals surface area (Å²) in [5, 5.41) is 10.5. The lowest BCUT2D eigenvalue weighted by Gasteiger charge is -2.10. The number of benzene rings is 1. The third kappa shape index (κ3) is 6.57. The van der Waals surface area contributed by atoms with Gasteiger partial charge in [-0.15, -0.1) is 24.0 Å². The SMILES string of the molecule is CN=C(NCCCOC)NCc1cc(-c2ccccc2)on1.I. The van der Waals surface area contributed by atoms with Crippen molar-refractivity contribution in [3.8, 4) is 11.3 Å². The monoisotopic (exact) mass is 430 g/mol. The van der Waals surface area contributed by atoms with Crippen LogP contribution >= 0.6 is 24.0 Å². The summed E-state index contributed by atoms with van der Waals surface area (Å²) in [6.07, 6.45) is 0.930. The van der Waals surface area contributed by atoms with Crippen LogP contribution in [0.3, 0.4) is 0 Å². The molecule has 2 rings (SSSR count). The van der Waals surface area contributed by atoms with E-state index in [0.29, 0.717) is 6.54 Å². The Hall–Kier alpha value is -1.61. The van der Waals surface area contributed by atoms with E-state index < -0.39 is 0 Å². The van der Waals surface area contributed by atoms with Crippen molar-refractivity contribution in [3.05, 3.63) is 42.1 Å². The highest BCUT2D eigenvalue weighted by atomic mass is 127. The second-order valence-corrected chi connectivity index (χ2v) is 4.75.